The average Bonchev–Trinajstić information content (AvgIpc) is 2.94. The predicted molar refractivity (Wildman–Crippen MR) is 149 cm³/mol. The van der Waals surface area contributed by atoms with Gasteiger partial charge in [0.2, 0.25) is 5.95 Å². The van der Waals surface area contributed by atoms with Crippen LogP contribution in [0.15, 0.2) is 60.7 Å². The van der Waals surface area contributed by atoms with Gasteiger partial charge in [-0.1, -0.05) is 17.7 Å². The van der Waals surface area contributed by atoms with Gasteiger partial charge in [0.15, 0.2) is 11.5 Å². The van der Waals surface area contributed by atoms with E-state index in [1.54, 1.807) is 26.4 Å². The first-order chi connectivity index (χ1) is 18.4. The number of hydrogen-bond donors (Lipinski definition) is 3. The Morgan fingerprint density at radius 3 is 2.18 bits per heavy atom. The Bertz CT molecular complexity index is 1430. The van der Waals surface area contributed by atoms with Gasteiger partial charge in [0, 0.05) is 42.0 Å². The number of hydrogen-bond acceptors (Lipinski definition) is 8. The molecule has 0 atom stereocenters. The lowest BCUT2D eigenvalue weighted by molar-refractivity contribution is 0.0697. The summed E-state index contributed by atoms with van der Waals surface area (Å²) in [6.45, 7) is 3.63. The molecule has 9 nitrogen and oxygen atoms in total. The van der Waals surface area contributed by atoms with Crippen LogP contribution in [0.25, 0.3) is 10.9 Å². The Labute approximate surface area is 221 Å². The Hall–Kier alpha value is -4.53. The van der Waals surface area contributed by atoms with Crippen molar-refractivity contribution in [1.82, 2.24) is 9.97 Å². The SMILES string of the molecule is COc1cc2nc(N3CCC(Nc4ccc(C(=O)O)cc4)CC3)nc(Nc3ccc(C)cc3)c2cc1OC. The smallest absolute Gasteiger partial charge is 0.335 e. The lowest BCUT2D eigenvalue weighted by Gasteiger charge is -2.33. The van der Waals surface area contributed by atoms with Crippen LogP contribution in [0.3, 0.4) is 0 Å². The zero-order chi connectivity index (χ0) is 26.6. The molecule has 4 aromatic rings. The summed E-state index contributed by atoms with van der Waals surface area (Å²) < 4.78 is 11.1. The first kappa shape index (κ1) is 25.1. The number of methoxy groups -OCH3 is 2. The van der Waals surface area contributed by atoms with Crippen LogP contribution in [0.5, 0.6) is 11.5 Å². The highest BCUT2D eigenvalue weighted by Crippen LogP contribution is 2.36. The average molecular weight is 514 g/mol. The Kier molecular flexibility index (Phi) is 7.17. The van der Waals surface area contributed by atoms with E-state index in [-0.39, 0.29) is 11.6 Å². The molecule has 196 valence electrons. The molecular weight excluding hydrogens is 482 g/mol. The van der Waals surface area contributed by atoms with E-state index in [2.05, 4.69) is 34.6 Å². The van der Waals surface area contributed by atoms with Gasteiger partial charge in [0.25, 0.3) is 0 Å². The maximum absolute atomic E-state index is 11.1. The molecule has 38 heavy (non-hydrogen) atoms. The number of ether oxygens (including phenoxy) is 2. The number of anilines is 4. The number of benzene rings is 3. The van der Waals surface area contributed by atoms with Crippen molar-refractivity contribution in [2.24, 2.45) is 0 Å². The Balaban J connectivity index is 1.38. The minimum absolute atomic E-state index is 0.275. The fourth-order valence-corrected chi connectivity index (χ4v) is 4.62. The van der Waals surface area contributed by atoms with E-state index >= 15 is 0 Å². The normalized spacial score (nSPS) is 13.8. The highest BCUT2D eigenvalue weighted by molar-refractivity contribution is 5.94. The number of carboxylic acid groups (broad SMARTS) is 1. The molecule has 1 aliphatic heterocycles. The second kappa shape index (κ2) is 10.8. The molecule has 3 aromatic carbocycles. The van der Waals surface area contributed by atoms with Crippen molar-refractivity contribution in [2.75, 3.05) is 42.8 Å². The van der Waals surface area contributed by atoms with Gasteiger partial charge >= 0.3 is 5.97 Å². The van der Waals surface area contributed by atoms with Gasteiger partial charge in [-0.3, -0.25) is 0 Å². The van der Waals surface area contributed by atoms with E-state index < -0.39 is 5.97 Å². The summed E-state index contributed by atoms with van der Waals surface area (Å²) >= 11 is 0. The minimum atomic E-state index is -0.924. The number of nitrogens with one attached hydrogen (secondary N) is 2. The van der Waals surface area contributed by atoms with E-state index in [0.717, 1.165) is 48.2 Å². The number of aryl methyl sites for hydroxylation is 1. The van der Waals surface area contributed by atoms with E-state index in [1.807, 2.05) is 36.4 Å². The van der Waals surface area contributed by atoms with Crippen LogP contribution in [0, 0.1) is 6.92 Å². The van der Waals surface area contributed by atoms with E-state index in [0.29, 0.717) is 23.3 Å². The third-order valence-corrected chi connectivity index (χ3v) is 6.78. The lowest BCUT2D eigenvalue weighted by atomic mass is 10.0. The monoisotopic (exact) mass is 513 g/mol. The van der Waals surface area contributed by atoms with Gasteiger partial charge in [-0.15, -0.1) is 0 Å². The second-order valence-corrected chi connectivity index (χ2v) is 9.38. The fraction of sp³-hybridized carbons (Fsp3) is 0.276. The molecule has 0 radical (unpaired) electrons. The molecule has 0 bridgehead atoms. The van der Waals surface area contributed by atoms with Crippen LogP contribution >= 0.6 is 0 Å². The molecule has 0 spiro atoms. The van der Waals surface area contributed by atoms with Gasteiger partial charge in [-0.2, -0.15) is 4.98 Å². The number of rotatable bonds is 8. The van der Waals surface area contributed by atoms with Crippen LogP contribution in [0.1, 0.15) is 28.8 Å². The highest BCUT2D eigenvalue weighted by Gasteiger charge is 2.23. The van der Waals surface area contributed by atoms with E-state index in [9.17, 15) is 4.79 Å². The number of carboxylic acids is 1. The summed E-state index contributed by atoms with van der Waals surface area (Å²) in [6, 6.07) is 19.1. The van der Waals surface area contributed by atoms with Crippen molar-refractivity contribution in [2.45, 2.75) is 25.8 Å². The summed E-state index contributed by atoms with van der Waals surface area (Å²) in [6.07, 6.45) is 1.80. The third-order valence-electron chi connectivity index (χ3n) is 6.78. The number of fused-ring (bicyclic) bond motifs is 1. The standard InChI is InChI=1S/C29H31N5O4/c1-18-4-8-21(9-5-18)31-27-23-16-25(37-2)26(38-3)17-24(23)32-29(33-27)34-14-12-22(13-15-34)30-20-10-6-19(7-11-20)28(35)36/h4-11,16-17,22,30H,12-15H2,1-3H3,(H,35,36)(H,31,32,33). The van der Waals surface area contributed by atoms with Crippen LogP contribution in [-0.4, -0.2) is 54.4 Å². The van der Waals surface area contributed by atoms with Crippen LogP contribution < -0.4 is 25.0 Å². The zero-order valence-corrected chi connectivity index (χ0v) is 21.7. The summed E-state index contributed by atoms with van der Waals surface area (Å²) in [5.41, 5.74) is 4.09. The molecule has 0 unspecified atom stereocenters. The van der Waals surface area contributed by atoms with Gasteiger partial charge in [0.1, 0.15) is 5.82 Å². The van der Waals surface area contributed by atoms with Crippen LogP contribution in [0.2, 0.25) is 0 Å². The van der Waals surface area contributed by atoms with E-state index in [1.165, 1.54) is 5.56 Å². The zero-order valence-electron chi connectivity index (χ0n) is 21.7. The predicted octanol–water partition coefficient (Wildman–Crippen LogP) is 5.48. The van der Waals surface area contributed by atoms with Gasteiger partial charge in [-0.25, -0.2) is 9.78 Å². The number of aromatic nitrogens is 2. The first-order valence-electron chi connectivity index (χ1n) is 12.6. The van der Waals surface area contributed by atoms with Crippen LogP contribution in [-0.2, 0) is 0 Å². The summed E-state index contributed by atoms with van der Waals surface area (Å²) in [5, 5.41) is 16.9. The molecule has 1 saturated heterocycles. The largest absolute Gasteiger partial charge is 0.493 e. The quantitative estimate of drug-likeness (QED) is 0.282. The highest BCUT2D eigenvalue weighted by atomic mass is 16.5. The summed E-state index contributed by atoms with van der Waals surface area (Å²) in [7, 11) is 3.23. The number of aromatic carboxylic acids is 1. The molecule has 9 heteroatoms. The number of carbonyl (C=O) groups is 1. The van der Waals surface area contributed by atoms with Crippen molar-refractivity contribution in [3.05, 3.63) is 71.8 Å². The van der Waals surface area contributed by atoms with Gasteiger partial charge < -0.3 is 30.1 Å². The topological polar surface area (TPSA) is 109 Å². The molecule has 1 aliphatic rings. The minimum Gasteiger partial charge on any atom is -0.493 e. The third kappa shape index (κ3) is 5.41. The molecule has 0 saturated carbocycles. The molecule has 3 N–H and O–H groups in total. The maximum Gasteiger partial charge on any atom is 0.335 e. The summed E-state index contributed by atoms with van der Waals surface area (Å²) in [4.78, 5) is 23.1. The molecule has 2 heterocycles. The molecule has 5 rings (SSSR count). The van der Waals surface area contributed by atoms with Gasteiger partial charge in [0.05, 0.1) is 25.3 Å². The number of nitrogens with zero attached hydrogens (tertiary/aromatic N) is 3. The molecule has 0 amide bonds. The Morgan fingerprint density at radius 1 is 0.921 bits per heavy atom. The van der Waals surface area contributed by atoms with Crippen LogP contribution in [0.4, 0.5) is 23.1 Å². The molecule has 1 fully saturated rings. The summed E-state index contributed by atoms with van der Waals surface area (Å²) in [5.74, 6) is 1.67. The molecule has 0 aliphatic carbocycles. The van der Waals surface area contributed by atoms with Crippen molar-refractivity contribution in [3.63, 3.8) is 0 Å². The molecular formula is C29H31N5O4. The maximum atomic E-state index is 11.1. The van der Waals surface area contributed by atoms with Gasteiger partial charge in [-0.05, 0) is 62.2 Å². The van der Waals surface area contributed by atoms with Crippen molar-refractivity contribution in [1.29, 1.82) is 0 Å². The number of piperidine rings is 1. The molecule has 1 aromatic heterocycles. The Morgan fingerprint density at radius 2 is 1.55 bits per heavy atom. The van der Waals surface area contributed by atoms with E-state index in [4.69, 9.17) is 24.5 Å². The van der Waals surface area contributed by atoms with Crippen molar-refractivity contribution < 1.29 is 19.4 Å². The fourth-order valence-electron chi connectivity index (χ4n) is 4.62. The lowest BCUT2D eigenvalue weighted by Crippen LogP contribution is -2.40. The second-order valence-electron chi connectivity index (χ2n) is 9.38. The van der Waals surface area contributed by atoms with Crippen molar-refractivity contribution in [3.8, 4) is 11.5 Å². The first-order valence-corrected chi connectivity index (χ1v) is 12.6. The van der Waals surface area contributed by atoms with Crippen molar-refractivity contribution >= 4 is 40.0 Å².